The summed E-state index contributed by atoms with van der Waals surface area (Å²) in [6.45, 7) is 5.85. The van der Waals surface area contributed by atoms with Crippen molar-refractivity contribution in [3.63, 3.8) is 0 Å². The van der Waals surface area contributed by atoms with Crippen LogP contribution in [0.1, 0.15) is 12.0 Å². The Balaban J connectivity index is 1.54. The minimum absolute atomic E-state index is 0.766. The maximum absolute atomic E-state index is 5.94. The molecule has 3 rings (SSSR count). The average Bonchev–Trinajstić information content (AvgIpc) is 2.89. The second-order valence-electron chi connectivity index (χ2n) is 5.70. The van der Waals surface area contributed by atoms with Crippen LogP contribution >= 0.6 is 11.6 Å². The molecule has 2 heterocycles. The quantitative estimate of drug-likeness (QED) is 0.903. The molecule has 0 radical (unpaired) electrons. The van der Waals surface area contributed by atoms with Crippen LogP contribution < -0.4 is 5.43 Å². The van der Waals surface area contributed by atoms with Gasteiger partial charge in [0.1, 0.15) is 0 Å². The molecule has 2 aliphatic rings. The third-order valence-corrected chi connectivity index (χ3v) is 4.33. The monoisotopic (exact) mass is 307 g/mol. The van der Waals surface area contributed by atoms with Gasteiger partial charge in [-0.3, -0.25) is 4.90 Å². The van der Waals surface area contributed by atoms with Crippen molar-refractivity contribution in [3.8, 4) is 0 Å². The van der Waals surface area contributed by atoms with Crippen molar-refractivity contribution < 1.29 is 4.74 Å². The van der Waals surface area contributed by atoms with Crippen molar-refractivity contribution >= 4 is 11.6 Å². The molecule has 0 bridgehead atoms. The number of nitrogens with zero attached hydrogens (tertiary/aromatic N) is 2. The highest BCUT2D eigenvalue weighted by Crippen LogP contribution is 2.23. The Kier molecular flexibility index (Phi) is 4.80. The van der Waals surface area contributed by atoms with Crippen molar-refractivity contribution in [3.05, 3.63) is 46.1 Å². The second-order valence-corrected chi connectivity index (χ2v) is 6.13. The summed E-state index contributed by atoms with van der Waals surface area (Å²) in [5.74, 6) is 0. The zero-order chi connectivity index (χ0) is 14.7. The molecule has 21 heavy (non-hydrogen) atoms. The summed E-state index contributed by atoms with van der Waals surface area (Å²) in [7, 11) is 1.75. The van der Waals surface area contributed by atoms with Gasteiger partial charge in [-0.25, -0.2) is 5.01 Å². The van der Waals surface area contributed by atoms with Crippen LogP contribution in [0.5, 0.6) is 0 Å². The third kappa shape index (κ3) is 3.77. The highest BCUT2D eigenvalue weighted by molar-refractivity contribution is 6.30. The topological polar surface area (TPSA) is 27.7 Å². The molecular weight excluding hydrogens is 286 g/mol. The SMILES string of the molecule is COCCN1CC2=C(CCN(Cc3ccc(Cl)cc3)C2)N1. The van der Waals surface area contributed by atoms with Gasteiger partial charge < -0.3 is 10.2 Å². The van der Waals surface area contributed by atoms with Gasteiger partial charge in [0, 0.05) is 57.0 Å². The van der Waals surface area contributed by atoms with Crippen LogP contribution in [0.2, 0.25) is 5.02 Å². The van der Waals surface area contributed by atoms with Crippen LogP contribution in [0.25, 0.3) is 0 Å². The van der Waals surface area contributed by atoms with E-state index >= 15 is 0 Å². The number of methoxy groups -OCH3 is 1. The second kappa shape index (κ2) is 6.79. The van der Waals surface area contributed by atoms with Crippen molar-refractivity contribution in [2.45, 2.75) is 13.0 Å². The van der Waals surface area contributed by atoms with E-state index < -0.39 is 0 Å². The predicted molar refractivity (Wildman–Crippen MR) is 85.0 cm³/mol. The predicted octanol–water partition coefficient (Wildman–Crippen LogP) is 2.27. The Morgan fingerprint density at radius 2 is 2.05 bits per heavy atom. The molecule has 1 aromatic carbocycles. The minimum atomic E-state index is 0.766. The molecule has 0 amide bonds. The van der Waals surface area contributed by atoms with Crippen LogP contribution in [0.15, 0.2) is 35.5 Å². The van der Waals surface area contributed by atoms with E-state index in [2.05, 4.69) is 27.5 Å². The largest absolute Gasteiger partial charge is 0.383 e. The standard InChI is InChI=1S/C16H22ClN3O/c1-21-9-8-20-12-14-11-19(7-6-16(14)18-20)10-13-2-4-15(17)5-3-13/h2-5,18H,6-12H2,1H3. The number of ether oxygens (including phenoxy) is 1. The van der Waals surface area contributed by atoms with Crippen LogP contribution in [-0.4, -0.2) is 49.8 Å². The molecule has 0 saturated heterocycles. The number of rotatable bonds is 5. The molecule has 4 nitrogen and oxygen atoms in total. The fraction of sp³-hybridized carbons (Fsp3) is 0.500. The molecule has 0 saturated carbocycles. The molecule has 0 unspecified atom stereocenters. The Bertz CT molecular complexity index is 515. The third-order valence-electron chi connectivity index (χ3n) is 4.08. The number of halogens is 1. The molecule has 1 N–H and O–H groups in total. The number of hydrazine groups is 1. The maximum Gasteiger partial charge on any atom is 0.0608 e. The van der Waals surface area contributed by atoms with Gasteiger partial charge in [0.15, 0.2) is 0 Å². The first-order chi connectivity index (χ1) is 10.2. The molecule has 0 atom stereocenters. The summed E-state index contributed by atoms with van der Waals surface area (Å²) in [6, 6.07) is 8.17. The first-order valence-electron chi connectivity index (χ1n) is 7.43. The lowest BCUT2D eigenvalue weighted by atomic mass is 10.1. The highest BCUT2D eigenvalue weighted by atomic mass is 35.5. The number of nitrogens with one attached hydrogen (secondary N) is 1. The van der Waals surface area contributed by atoms with Crippen LogP contribution in [0.3, 0.4) is 0 Å². The zero-order valence-electron chi connectivity index (χ0n) is 12.4. The van der Waals surface area contributed by atoms with Crippen LogP contribution in [0, 0.1) is 0 Å². The van der Waals surface area contributed by atoms with E-state index in [1.54, 1.807) is 7.11 Å². The highest BCUT2D eigenvalue weighted by Gasteiger charge is 2.26. The van der Waals surface area contributed by atoms with Gasteiger partial charge in [-0.15, -0.1) is 0 Å². The first-order valence-corrected chi connectivity index (χ1v) is 7.80. The molecule has 2 aliphatic heterocycles. The molecular formula is C16H22ClN3O. The van der Waals surface area contributed by atoms with Gasteiger partial charge >= 0.3 is 0 Å². The zero-order valence-corrected chi connectivity index (χ0v) is 13.2. The molecule has 5 heteroatoms. The van der Waals surface area contributed by atoms with Crippen molar-refractivity contribution in [1.29, 1.82) is 0 Å². The van der Waals surface area contributed by atoms with E-state index in [0.29, 0.717) is 0 Å². The lowest BCUT2D eigenvalue weighted by Gasteiger charge is -2.27. The number of benzene rings is 1. The van der Waals surface area contributed by atoms with E-state index in [1.165, 1.54) is 16.8 Å². The summed E-state index contributed by atoms with van der Waals surface area (Å²) < 4.78 is 5.15. The maximum atomic E-state index is 5.94. The van der Waals surface area contributed by atoms with Gasteiger partial charge in [-0.1, -0.05) is 23.7 Å². The molecule has 1 aromatic rings. The summed E-state index contributed by atoms with van der Waals surface area (Å²) in [5, 5.41) is 3.05. The summed E-state index contributed by atoms with van der Waals surface area (Å²) >= 11 is 5.94. The molecule has 0 aromatic heterocycles. The van der Waals surface area contributed by atoms with E-state index in [0.717, 1.165) is 50.8 Å². The van der Waals surface area contributed by atoms with E-state index in [-0.39, 0.29) is 0 Å². The van der Waals surface area contributed by atoms with Crippen molar-refractivity contribution in [2.75, 3.05) is 39.9 Å². The van der Waals surface area contributed by atoms with Crippen LogP contribution in [-0.2, 0) is 11.3 Å². The minimum Gasteiger partial charge on any atom is -0.383 e. The number of hydrogen-bond donors (Lipinski definition) is 1. The fourth-order valence-corrected chi connectivity index (χ4v) is 3.08. The van der Waals surface area contributed by atoms with E-state index in [4.69, 9.17) is 16.3 Å². The lowest BCUT2D eigenvalue weighted by Crippen LogP contribution is -2.35. The van der Waals surface area contributed by atoms with Crippen molar-refractivity contribution in [1.82, 2.24) is 15.3 Å². The van der Waals surface area contributed by atoms with Gasteiger partial charge in [0.2, 0.25) is 0 Å². The Labute approximate surface area is 131 Å². The average molecular weight is 308 g/mol. The van der Waals surface area contributed by atoms with Gasteiger partial charge in [-0.2, -0.15) is 0 Å². The Morgan fingerprint density at radius 1 is 1.24 bits per heavy atom. The lowest BCUT2D eigenvalue weighted by molar-refractivity contribution is 0.139. The summed E-state index contributed by atoms with van der Waals surface area (Å²) in [6.07, 6.45) is 1.10. The van der Waals surface area contributed by atoms with Gasteiger partial charge in [0.05, 0.1) is 6.61 Å². The van der Waals surface area contributed by atoms with E-state index in [9.17, 15) is 0 Å². The van der Waals surface area contributed by atoms with Gasteiger partial charge in [0.25, 0.3) is 0 Å². The fourth-order valence-electron chi connectivity index (χ4n) is 2.95. The van der Waals surface area contributed by atoms with Gasteiger partial charge in [-0.05, 0) is 23.3 Å². The molecule has 0 spiro atoms. The Hall–Kier alpha value is -1.07. The smallest absolute Gasteiger partial charge is 0.0608 e. The number of hydrogen-bond acceptors (Lipinski definition) is 4. The summed E-state index contributed by atoms with van der Waals surface area (Å²) in [5.41, 5.74) is 7.77. The normalized spacial score (nSPS) is 19.7. The molecule has 114 valence electrons. The van der Waals surface area contributed by atoms with Crippen LogP contribution in [0.4, 0.5) is 0 Å². The summed E-state index contributed by atoms with van der Waals surface area (Å²) in [4.78, 5) is 2.50. The first kappa shape index (κ1) is 14.9. The van der Waals surface area contributed by atoms with Crippen molar-refractivity contribution in [2.24, 2.45) is 0 Å². The Morgan fingerprint density at radius 3 is 2.81 bits per heavy atom. The van der Waals surface area contributed by atoms with E-state index in [1.807, 2.05) is 12.1 Å². The molecule has 0 aliphatic carbocycles. The molecule has 0 fully saturated rings.